The molecule has 2 aromatic heterocycles. The lowest BCUT2D eigenvalue weighted by atomic mass is 10.1. The van der Waals surface area contributed by atoms with Gasteiger partial charge in [-0.15, -0.1) is 10.2 Å². The average molecular weight is 473 g/mol. The zero-order valence-corrected chi connectivity index (χ0v) is 19.7. The maximum absolute atomic E-state index is 13.0. The molecule has 2 aromatic carbocycles. The molecule has 0 saturated heterocycles. The minimum atomic E-state index is -0.793. The first-order valence-corrected chi connectivity index (χ1v) is 12.2. The van der Waals surface area contributed by atoms with Crippen molar-refractivity contribution < 1.29 is 9.53 Å². The van der Waals surface area contributed by atoms with Gasteiger partial charge in [-0.05, 0) is 12.5 Å². The summed E-state index contributed by atoms with van der Waals surface area (Å²) in [5.74, 6) is 1.07. The number of aromatic amines is 1. The fourth-order valence-electron chi connectivity index (χ4n) is 3.94. The lowest BCUT2D eigenvalue weighted by molar-refractivity contribution is -0.118. The summed E-state index contributed by atoms with van der Waals surface area (Å²) in [7, 11) is 0. The Bertz CT molecular complexity index is 1310. The second-order valence-corrected chi connectivity index (χ2v) is 8.95. The minimum Gasteiger partial charge on any atom is -0.447 e. The number of fused-ring (bicyclic) bond motifs is 3. The number of nitrogens with zero attached hydrogens (tertiary/aromatic N) is 5. The van der Waals surface area contributed by atoms with E-state index in [0.717, 1.165) is 41.0 Å². The molecule has 1 aliphatic heterocycles. The fourth-order valence-corrected chi connectivity index (χ4v) is 4.80. The van der Waals surface area contributed by atoms with E-state index in [2.05, 4.69) is 27.3 Å². The molecule has 1 amide bonds. The number of unbranched alkanes of at least 4 members (excludes halogenated alkanes) is 1. The molecule has 0 fully saturated rings. The van der Waals surface area contributed by atoms with Gasteiger partial charge >= 0.3 is 0 Å². The van der Waals surface area contributed by atoms with E-state index in [1.165, 1.54) is 6.92 Å². The summed E-state index contributed by atoms with van der Waals surface area (Å²) in [5, 5.41) is 16.7. The second-order valence-electron chi connectivity index (χ2n) is 7.89. The molecular formula is C25H24N6O2S. The largest absolute Gasteiger partial charge is 0.447 e. The average Bonchev–Trinajstić information content (AvgIpc) is 3.29. The first kappa shape index (κ1) is 22.1. The highest BCUT2D eigenvalue weighted by molar-refractivity contribution is 7.99. The Labute approximate surface area is 201 Å². The Hall–Kier alpha value is -3.72. The van der Waals surface area contributed by atoms with Crippen LogP contribution in [0.1, 0.15) is 38.5 Å². The van der Waals surface area contributed by atoms with Gasteiger partial charge in [-0.25, -0.2) is 0 Å². The number of H-pyrrole nitrogens is 1. The van der Waals surface area contributed by atoms with Crippen molar-refractivity contribution >= 4 is 23.4 Å². The molecule has 1 unspecified atom stereocenters. The molecule has 3 heterocycles. The second kappa shape index (κ2) is 9.64. The van der Waals surface area contributed by atoms with Crippen molar-refractivity contribution in [3.05, 3.63) is 66.4 Å². The molecule has 0 bridgehead atoms. The van der Waals surface area contributed by atoms with Gasteiger partial charge in [0, 0.05) is 23.8 Å². The van der Waals surface area contributed by atoms with Crippen LogP contribution in [-0.2, 0) is 4.79 Å². The van der Waals surface area contributed by atoms with E-state index in [1.54, 1.807) is 22.9 Å². The molecule has 0 radical (unpaired) electrons. The fraction of sp³-hybridized carbons (Fsp3) is 0.240. The number of aromatic nitrogens is 5. The Kier molecular flexibility index (Phi) is 6.27. The maximum atomic E-state index is 13.0. The first-order chi connectivity index (χ1) is 16.7. The molecule has 1 N–H and O–H groups in total. The van der Waals surface area contributed by atoms with Crippen LogP contribution in [0, 0.1) is 0 Å². The molecule has 0 spiro atoms. The monoisotopic (exact) mass is 472 g/mol. The van der Waals surface area contributed by atoms with Crippen LogP contribution in [0.15, 0.2) is 66.0 Å². The molecule has 172 valence electrons. The predicted molar refractivity (Wildman–Crippen MR) is 131 cm³/mol. The summed E-state index contributed by atoms with van der Waals surface area (Å²) in [5.41, 5.74) is 4.37. The normalized spacial score (nSPS) is 14.6. The SMILES string of the molecule is CCCCSc1nnc2c(n1)OC(c1cn[nH]c1-c1ccccc1)N(C(C)=O)c1ccccc1-2. The summed E-state index contributed by atoms with van der Waals surface area (Å²) in [4.78, 5) is 19.3. The molecule has 1 atom stereocenters. The summed E-state index contributed by atoms with van der Waals surface area (Å²) in [6, 6.07) is 17.4. The zero-order chi connectivity index (χ0) is 23.5. The third-order valence-electron chi connectivity index (χ3n) is 5.58. The van der Waals surface area contributed by atoms with Gasteiger partial charge in [0.1, 0.15) is 0 Å². The number of anilines is 1. The van der Waals surface area contributed by atoms with Gasteiger partial charge < -0.3 is 4.74 Å². The molecule has 34 heavy (non-hydrogen) atoms. The van der Waals surface area contributed by atoms with Crippen molar-refractivity contribution in [3.63, 3.8) is 0 Å². The van der Waals surface area contributed by atoms with Gasteiger partial charge in [0.15, 0.2) is 5.69 Å². The highest BCUT2D eigenvalue weighted by Gasteiger charge is 2.36. The Balaban J connectivity index is 1.66. The van der Waals surface area contributed by atoms with Crippen LogP contribution in [0.5, 0.6) is 5.88 Å². The van der Waals surface area contributed by atoms with E-state index < -0.39 is 6.23 Å². The summed E-state index contributed by atoms with van der Waals surface area (Å²) in [6.45, 7) is 3.67. The number of para-hydroxylation sites is 1. The molecule has 9 heteroatoms. The van der Waals surface area contributed by atoms with Crippen LogP contribution in [0.25, 0.3) is 22.5 Å². The van der Waals surface area contributed by atoms with Crippen LogP contribution in [-0.4, -0.2) is 37.0 Å². The molecule has 5 rings (SSSR count). The Morgan fingerprint density at radius 3 is 2.71 bits per heavy atom. The van der Waals surface area contributed by atoms with Crippen molar-refractivity contribution in [2.75, 3.05) is 10.7 Å². The lowest BCUT2D eigenvalue weighted by Gasteiger charge is -2.29. The molecule has 4 aromatic rings. The van der Waals surface area contributed by atoms with Crippen LogP contribution in [0.3, 0.4) is 0 Å². The van der Waals surface area contributed by atoms with Gasteiger partial charge in [-0.1, -0.05) is 73.6 Å². The third kappa shape index (κ3) is 4.14. The van der Waals surface area contributed by atoms with Gasteiger partial charge in [-0.2, -0.15) is 10.1 Å². The molecule has 0 aliphatic carbocycles. The smallest absolute Gasteiger partial charge is 0.247 e. The number of rotatable bonds is 6. The van der Waals surface area contributed by atoms with Crippen LogP contribution < -0.4 is 9.64 Å². The van der Waals surface area contributed by atoms with Crippen molar-refractivity contribution in [3.8, 4) is 28.4 Å². The van der Waals surface area contributed by atoms with Crippen molar-refractivity contribution in [1.82, 2.24) is 25.4 Å². The van der Waals surface area contributed by atoms with E-state index in [9.17, 15) is 4.79 Å². The first-order valence-electron chi connectivity index (χ1n) is 11.2. The van der Waals surface area contributed by atoms with Crippen LogP contribution >= 0.6 is 11.8 Å². The minimum absolute atomic E-state index is 0.170. The number of benzene rings is 2. The number of ether oxygens (including phenoxy) is 1. The number of hydrogen-bond acceptors (Lipinski definition) is 7. The highest BCUT2D eigenvalue weighted by Crippen LogP contribution is 2.44. The van der Waals surface area contributed by atoms with E-state index in [4.69, 9.17) is 9.72 Å². The number of carbonyl (C=O) groups excluding carboxylic acids is 1. The van der Waals surface area contributed by atoms with Gasteiger partial charge in [0.25, 0.3) is 0 Å². The van der Waals surface area contributed by atoms with E-state index in [1.807, 2.05) is 54.6 Å². The standard InChI is InChI=1S/C25H24N6O2S/c1-3-4-14-34-25-27-23-22(29-30-25)18-12-8-9-13-20(18)31(16(2)32)24(33-23)19-15-26-28-21(19)17-10-6-5-7-11-17/h5-13,15,24H,3-4,14H2,1-2H3,(H,26,28). The molecular weight excluding hydrogens is 448 g/mol. The number of thioether (sulfide) groups is 1. The summed E-state index contributed by atoms with van der Waals surface area (Å²) >= 11 is 1.55. The quantitative estimate of drug-likeness (QED) is 0.302. The summed E-state index contributed by atoms with van der Waals surface area (Å²) in [6.07, 6.45) is 3.06. The van der Waals surface area contributed by atoms with Crippen molar-refractivity contribution in [2.45, 2.75) is 38.1 Å². The maximum Gasteiger partial charge on any atom is 0.247 e. The highest BCUT2D eigenvalue weighted by atomic mass is 32.2. The predicted octanol–water partition coefficient (Wildman–Crippen LogP) is 5.27. The van der Waals surface area contributed by atoms with E-state index in [0.29, 0.717) is 22.4 Å². The van der Waals surface area contributed by atoms with E-state index in [-0.39, 0.29) is 5.91 Å². The van der Waals surface area contributed by atoms with Crippen molar-refractivity contribution in [1.29, 1.82) is 0 Å². The van der Waals surface area contributed by atoms with Gasteiger partial charge in [-0.3, -0.25) is 14.8 Å². The Morgan fingerprint density at radius 1 is 1.12 bits per heavy atom. The van der Waals surface area contributed by atoms with Gasteiger partial charge in [0.05, 0.1) is 23.1 Å². The Morgan fingerprint density at radius 2 is 1.91 bits per heavy atom. The molecule has 1 aliphatic rings. The lowest BCUT2D eigenvalue weighted by Crippen LogP contribution is -2.36. The van der Waals surface area contributed by atoms with Crippen LogP contribution in [0.2, 0.25) is 0 Å². The number of carbonyl (C=O) groups is 1. The van der Waals surface area contributed by atoms with E-state index >= 15 is 0 Å². The molecule has 0 saturated carbocycles. The number of hydrogen-bond donors (Lipinski definition) is 1. The topological polar surface area (TPSA) is 96.9 Å². The molecule has 8 nitrogen and oxygen atoms in total. The number of amides is 1. The van der Waals surface area contributed by atoms with Gasteiger partial charge in [0.2, 0.25) is 23.2 Å². The third-order valence-corrected chi connectivity index (χ3v) is 6.50. The number of nitrogens with one attached hydrogen (secondary N) is 1. The zero-order valence-electron chi connectivity index (χ0n) is 18.9. The van der Waals surface area contributed by atoms with Crippen molar-refractivity contribution in [2.24, 2.45) is 0 Å². The summed E-state index contributed by atoms with van der Waals surface area (Å²) < 4.78 is 6.49. The van der Waals surface area contributed by atoms with Crippen LogP contribution in [0.4, 0.5) is 5.69 Å².